The van der Waals surface area contributed by atoms with E-state index in [1.807, 2.05) is 11.8 Å². The van der Waals surface area contributed by atoms with E-state index in [2.05, 4.69) is 61.6 Å². The minimum absolute atomic E-state index is 0.104. The van der Waals surface area contributed by atoms with Crippen molar-refractivity contribution >= 4 is 5.91 Å². The zero-order valence-corrected chi connectivity index (χ0v) is 14.8. The van der Waals surface area contributed by atoms with Crippen molar-refractivity contribution in [3.8, 4) is 11.1 Å². The molecular formula is C21H26N2O. The SMILES string of the molecule is CCN1CCN[C@H](Cc2cccc(-c3ccc(C)cc3C)c2)C1=O. The van der Waals surface area contributed by atoms with E-state index < -0.39 is 0 Å². The first-order valence-corrected chi connectivity index (χ1v) is 8.77. The predicted molar refractivity (Wildman–Crippen MR) is 99.1 cm³/mol. The molecule has 1 heterocycles. The predicted octanol–water partition coefficient (Wildman–Crippen LogP) is 3.33. The lowest BCUT2D eigenvalue weighted by atomic mass is 9.95. The molecule has 24 heavy (non-hydrogen) atoms. The number of carbonyl (C=O) groups excluding carboxylic acids is 1. The zero-order chi connectivity index (χ0) is 17.1. The minimum atomic E-state index is -0.104. The number of hydrogen-bond acceptors (Lipinski definition) is 2. The molecule has 0 radical (unpaired) electrons. The van der Waals surface area contributed by atoms with Gasteiger partial charge < -0.3 is 10.2 Å². The topological polar surface area (TPSA) is 32.3 Å². The fourth-order valence-electron chi connectivity index (χ4n) is 3.50. The number of likely N-dealkylation sites (N-methyl/N-ethyl adjacent to an activating group) is 1. The van der Waals surface area contributed by atoms with Crippen molar-refractivity contribution in [2.45, 2.75) is 33.2 Å². The molecule has 0 unspecified atom stereocenters. The fourth-order valence-corrected chi connectivity index (χ4v) is 3.50. The van der Waals surface area contributed by atoms with E-state index in [1.54, 1.807) is 0 Å². The second kappa shape index (κ2) is 7.18. The van der Waals surface area contributed by atoms with Gasteiger partial charge in [0.05, 0.1) is 6.04 Å². The third kappa shape index (κ3) is 3.51. The van der Waals surface area contributed by atoms with E-state index in [-0.39, 0.29) is 11.9 Å². The molecule has 0 aliphatic carbocycles. The maximum absolute atomic E-state index is 12.5. The number of benzene rings is 2. The Morgan fingerprint density at radius 2 is 2.00 bits per heavy atom. The quantitative estimate of drug-likeness (QED) is 0.936. The Labute approximate surface area is 144 Å². The summed E-state index contributed by atoms with van der Waals surface area (Å²) in [5.41, 5.74) is 6.26. The van der Waals surface area contributed by atoms with Crippen LogP contribution in [0.15, 0.2) is 42.5 Å². The van der Waals surface area contributed by atoms with E-state index in [1.165, 1.54) is 27.8 Å². The lowest BCUT2D eigenvalue weighted by molar-refractivity contribution is -0.135. The van der Waals surface area contributed by atoms with Gasteiger partial charge in [0, 0.05) is 19.6 Å². The zero-order valence-electron chi connectivity index (χ0n) is 14.8. The third-order valence-electron chi connectivity index (χ3n) is 4.82. The fraction of sp³-hybridized carbons (Fsp3) is 0.381. The van der Waals surface area contributed by atoms with Crippen molar-refractivity contribution in [3.05, 3.63) is 59.2 Å². The van der Waals surface area contributed by atoms with Crippen LogP contribution in [0, 0.1) is 13.8 Å². The van der Waals surface area contributed by atoms with Crippen LogP contribution in [-0.4, -0.2) is 36.5 Å². The number of nitrogens with zero attached hydrogens (tertiary/aromatic N) is 1. The molecule has 1 N–H and O–H groups in total. The first-order chi connectivity index (χ1) is 11.6. The summed E-state index contributed by atoms with van der Waals surface area (Å²) in [7, 11) is 0. The molecule has 2 aromatic carbocycles. The van der Waals surface area contributed by atoms with Gasteiger partial charge >= 0.3 is 0 Å². The third-order valence-corrected chi connectivity index (χ3v) is 4.82. The number of carbonyl (C=O) groups is 1. The summed E-state index contributed by atoms with van der Waals surface area (Å²) in [6, 6.07) is 15.0. The van der Waals surface area contributed by atoms with Crippen molar-refractivity contribution in [2.75, 3.05) is 19.6 Å². The summed E-state index contributed by atoms with van der Waals surface area (Å²) in [5, 5.41) is 3.37. The Bertz CT molecular complexity index is 738. The molecule has 3 heteroatoms. The average molecular weight is 322 g/mol. The number of hydrogen-bond donors (Lipinski definition) is 1. The van der Waals surface area contributed by atoms with Crippen LogP contribution in [0.5, 0.6) is 0 Å². The van der Waals surface area contributed by atoms with Crippen LogP contribution in [0.1, 0.15) is 23.6 Å². The number of amides is 1. The highest BCUT2D eigenvalue weighted by atomic mass is 16.2. The van der Waals surface area contributed by atoms with Crippen LogP contribution >= 0.6 is 0 Å². The van der Waals surface area contributed by atoms with Gasteiger partial charge in [0.25, 0.3) is 0 Å². The lowest BCUT2D eigenvalue weighted by Crippen LogP contribution is -2.55. The Hall–Kier alpha value is -2.13. The number of piperazine rings is 1. The highest BCUT2D eigenvalue weighted by Crippen LogP contribution is 2.25. The van der Waals surface area contributed by atoms with Gasteiger partial charge in [0.2, 0.25) is 5.91 Å². The molecule has 0 aromatic heterocycles. The number of nitrogens with one attached hydrogen (secondary N) is 1. The van der Waals surface area contributed by atoms with E-state index in [0.717, 1.165) is 26.1 Å². The molecule has 1 saturated heterocycles. The number of aryl methyl sites for hydroxylation is 2. The van der Waals surface area contributed by atoms with Gasteiger partial charge in [-0.3, -0.25) is 4.79 Å². The smallest absolute Gasteiger partial charge is 0.240 e. The first-order valence-electron chi connectivity index (χ1n) is 8.77. The van der Waals surface area contributed by atoms with Crippen molar-refractivity contribution in [2.24, 2.45) is 0 Å². The largest absolute Gasteiger partial charge is 0.340 e. The van der Waals surface area contributed by atoms with E-state index >= 15 is 0 Å². The lowest BCUT2D eigenvalue weighted by Gasteiger charge is -2.32. The summed E-state index contributed by atoms with van der Waals surface area (Å²) in [5.74, 6) is 0.223. The summed E-state index contributed by atoms with van der Waals surface area (Å²) in [6.45, 7) is 8.80. The molecule has 3 nitrogen and oxygen atoms in total. The summed E-state index contributed by atoms with van der Waals surface area (Å²) >= 11 is 0. The second-order valence-corrected chi connectivity index (χ2v) is 6.65. The second-order valence-electron chi connectivity index (χ2n) is 6.65. The summed E-state index contributed by atoms with van der Waals surface area (Å²) < 4.78 is 0. The summed E-state index contributed by atoms with van der Waals surface area (Å²) in [6.07, 6.45) is 0.744. The molecule has 2 aromatic rings. The van der Waals surface area contributed by atoms with Crippen LogP contribution in [-0.2, 0) is 11.2 Å². The molecular weight excluding hydrogens is 296 g/mol. The standard InChI is InChI=1S/C21H26N2O/c1-4-23-11-10-22-20(21(23)24)14-17-6-5-7-18(13-17)19-9-8-15(2)12-16(19)3/h5-9,12-13,20,22H,4,10-11,14H2,1-3H3/t20-/m1/s1. The van der Waals surface area contributed by atoms with E-state index in [9.17, 15) is 4.79 Å². The monoisotopic (exact) mass is 322 g/mol. The Kier molecular flexibility index (Phi) is 5.00. The Morgan fingerprint density at radius 1 is 1.17 bits per heavy atom. The van der Waals surface area contributed by atoms with E-state index in [0.29, 0.717) is 0 Å². The highest BCUT2D eigenvalue weighted by Gasteiger charge is 2.27. The molecule has 3 rings (SSSR count). The molecule has 0 saturated carbocycles. The van der Waals surface area contributed by atoms with Crippen molar-refractivity contribution in [1.82, 2.24) is 10.2 Å². The van der Waals surface area contributed by atoms with Gasteiger partial charge in [0.1, 0.15) is 0 Å². The van der Waals surface area contributed by atoms with Crippen LogP contribution in [0.2, 0.25) is 0 Å². The van der Waals surface area contributed by atoms with Crippen LogP contribution in [0.25, 0.3) is 11.1 Å². The van der Waals surface area contributed by atoms with Gasteiger partial charge in [-0.15, -0.1) is 0 Å². The molecule has 1 aliphatic rings. The van der Waals surface area contributed by atoms with Crippen LogP contribution in [0.3, 0.4) is 0 Å². The molecule has 1 amide bonds. The minimum Gasteiger partial charge on any atom is -0.340 e. The molecule has 1 aliphatic heterocycles. The maximum atomic E-state index is 12.5. The average Bonchev–Trinajstić information content (AvgIpc) is 2.57. The van der Waals surface area contributed by atoms with Gasteiger partial charge in [-0.2, -0.15) is 0 Å². The molecule has 126 valence electrons. The molecule has 1 atom stereocenters. The number of rotatable bonds is 4. The van der Waals surface area contributed by atoms with Crippen molar-refractivity contribution in [3.63, 3.8) is 0 Å². The van der Waals surface area contributed by atoms with Crippen LogP contribution in [0.4, 0.5) is 0 Å². The summed E-state index contributed by atoms with van der Waals surface area (Å²) in [4.78, 5) is 14.4. The Balaban J connectivity index is 1.82. The van der Waals surface area contributed by atoms with E-state index in [4.69, 9.17) is 0 Å². The first kappa shape index (κ1) is 16.7. The van der Waals surface area contributed by atoms with Crippen LogP contribution < -0.4 is 5.32 Å². The molecule has 0 spiro atoms. The van der Waals surface area contributed by atoms with Crippen molar-refractivity contribution in [1.29, 1.82) is 0 Å². The maximum Gasteiger partial charge on any atom is 0.240 e. The van der Waals surface area contributed by atoms with Gasteiger partial charge in [-0.1, -0.05) is 48.0 Å². The van der Waals surface area contributed by atoms with Gasteiger partial charge in [-0.05, 0) is 49.4 Å². The molecule has 1 fully saturated rings. The van der Waals surface area contributed by atoms with Crippen molar-refractivity contribution < 1.29 is 4.79 Å². The highest BCUT2D eigenvalue weighted by molar-refractivity contribution is 5.83. The normalized spacial score (nSPS) is 18.0. The Morgan fingerprint density at radius 3 is 2.75 bits per heavy atom. The van der Waals surface area contributed by atoms with Gasteiger partial charge in [0.15, 0.2) is 0 Å². The molecule has 0 bridgehead atoms. The van der Waals surface area contributed by atoms with Gasteiger partial charge in [-0.25, -0.2) is 0 Å².